The number of nitrogens with zero attached hydrogens (tertiary/aromatic N) is 13. The number of aromatic nitrogens is 13. The van der Waals surface area contributed by atoms with Crippen LogP contribution in [0.15, 0.2) is 159 Å². The summed E-state index contributed by atoms with van der Waals surface area (Å²) < 4.78 is 39.7. The van der Waals surface area contributed by atoms with Crippen LogP contribution in [0.1, 0.15) is 104 Å². The Kier molecular flexibility index (Phi) is 13.6. The number of ether oxygens (including phenoxy) is 1. The van der Waals surface area contributed by atoms with E-state index >= 15 is 0 Å². The van der Waals surface area contributed by atoms with Crippen molar-refractivity contribution in [2.24, 2.45) is 28.6 Å². The van der Waals surface area contributed by atoms with E-state index in [-0.39, 0.29) is 29.6 Å². The Morgan fingerprint density at radius 3 is 1.42 bits per heavy atom. The number of methoxy groups -OCH3 is 1. The van der Waals surface area contributed by atoms with Gasteiger partial charge in [-0.25, -0.2) is 8.78 Å². The molecule has 3 aromatic carbocycles. The molecule has 17 rings (SSSR count). The molecule has 9 atom stereocenters. The van der Waals surface area contributed by atoms with Gasteiger partial charge in [-0.3, -0.25) is 39.0 Å². The number of hydrogen-bond donors (Lipinski definition) is 0. The second-order valence-corrected chi connectivity index (χ2v) is 27.7. The van der Waals surface area contributed by atoms with Crippen LogP contribution < -0.4 is 4.74 Å². The molecule has 9 heterocycles. The number of fused-ring (bicyclic) bond motifs is 7. The number of pyridine rings is 5. The molecule has 12 aromatic rings. The van der Waals surface area contributed by atoms with Gasteiger partial charge in [-0.05, 0) is 185 Å². The first-order valence-corrected chi connectivity index (χ1v) is 32.8. The second-order valence-electron chi connectivity index (χ2n) is 27.7. The lowest BCUT2D eigenvalue weighted by Crippen LogP contribution is -2.29. The number of aryl methyl sites for hydroxylation is 3. The minimum Gasteiger partial charge on any atom is -0.480 e. The number of rotatable bonds is 15. The molecule has 0 spiro atoms. The van der Waals surface area contributed by atoms with Gasteiger partial charge in [0.2, 0.25) is 5.88 Å². The molecule has 9 aromatic heterocycles. The van der Waals surface area contributed by atoms with Crippen molar-refractivity contribution >= 4 is 32.7 Å². The van der Waals surface area contributed by atoms with Crippen LogP contribution in [0.4, 0.5) is 8.78 Å². The highest BCUT2D eigenvalue weighted by molar-refractivity contribution is 5.92. The molecular formula is C76H71F2N13O. The van der Waals surface area contributed by atoms with Crippen molar-refractivity contribution < 1.29 is 13.5 Å². The van der Waals surface area contributed by atoms with Crippen LogP contribution in [-0.4, -0.2) is 83.9 Å². The van der Waals surface area contributed by atoms with E-state index in [0.717, 1.165) is 145 Å². The molecular weight excluding hydrogens is 1150 g/mol. The number of benzene rings is 3. The summed E-state index contributed by atoms with van der Waals surface area (Å²) in [7, 11) is 1.60. The highest BCUT2D eigenvalue weighted by atomic mass is 19.2. The normalized spacial score (nSPS) is 24.1. The summed E-state index contributed by atoms with van der Waals surface area (Å²) in [4.78, 5) is 25.5. The third-order valence-corrected chi connectivity index (χ3v) is 21.9. The van der Waals surface area contributed by atoms with Crippen molar-refractivity contribution in [3.8, 4) is 73.0 Å². The molecule has 0 N–H and O–H groups in total. The molecule has 0 saturated heterocycles. The van der Waals surface area contributed by atoms with Gasteiger partial charge in [-0.2, -0.15) is 15.3 Å². The summed E-state index contributed by atoms with van der Waals surface area (Å²) in [5, 5.41) is 26.9. The van der Waals surface area contributed by atoms with Crippen molar-refractivity contribution in [1.82, 2.24) is 64.5 Å². The molecule has 92 heavy (non-hydrogen) atoms. The van der Waals surface area contributed by atoms with Crippen molar-refractivity contribution in [1.29, 1.82) is 0 Å². The fraction of sp³-hybridized carbons (Fsp3) is 0.342. The molecule has 5 saturated carbocycles. The third-order valence-electron chi connectivity index (χ3n) is 21.9. The maximum absolute atomic E-state index is 14.1. The zero-order chi connectivity index (χ0) is 62.0. The summed E-state index contributed by atoms with van der Waals surface area (Å²) >= 11 is 0. The van der Waals surface area contributed by atoms with Crippen LogP contribution in [0, 0.1) is 49.4 Å². The Morgan fingerprint density at radius 1 is 0.489 bits per heavy atom. The third kappa shape index (κ3) is 9.93. The van der Waals surface area contributed by atoms with Crippen molar-refractivity contribution in [2.75, 3.05) is 7.11 Å². The molecule has 14 nitrogen and oxygen atoms in total. The molecule has 460 valence electrons. The summed E-state index contributed by atoms with van der Waals surface area (Å²) in [6.45, 7) is 8.27. The standard InChI is InChI=1S/C76H71F2N13O/c1-44-6-13-58(72(84-44)51-9-8-50-32-71(92-4)88-87-68(50)29-51)55-36-82-90(40-55)42-75-21-17-47(33-75)26-65(75)61-20-24-80-70-31-53(11-16-63(61)70)74-59(14-7-46(3)86-74)56-37-83-91(41-56)43-76-22-18-48(34-76)25-64(76)60-19-23-79-69-30-52(10-15-62(60)69)73-57(12-5-45(2)85-73)54-35-81-89(39-54)38-49-27-66(77)67(78)28-49/h5-16,19-20,23-24,29-32,35-37,39-41,47-49,64-67H,17-18,21-22,25-28,33-34,38,42-43H2,1-4H3/t47?,48?,49-,64?,65?,66+,67-,75?,76?. The van der Waals surface area contributed by atoms with Gasteiger partial charge in [0.15, 0.2) is 0 Å². The van der Waals surface area contributed by atoms with Crippen LogP contribution >= 0.6 is 0 Å². The van der Waals surface area contributed by atoms with Crippen LogP contribution in [0.25, 0.3) is 99.9 Å². The first-order valence-electron chi connectivity index (χ1n) is 32.8. The summed E-state index contributed by atoms with van der Waals surface area (Å²) in [6, 6.07) is 38.8. The van der Waals surface area contributed by atoms with Gasteiger partial charge in [-0.1, -0.05) is 54.6 Å². The highest BCUT2D eigenvalue weighted by Crippen LogP contribution is 2.64. The largest absolute Gasteiger partial charge is 0.480 e. The van der Waals surface area contributed by atoms with E-state index in [9.17, 15) is 8.78 Å². The van der Waals surface area contributed by atoms with Gasteiger partial charge in [0, 0.05) is 140 Å². The average molecular weight is 1220 g/mol. The lowest BCUT2D eigenvalue weighted by Gasteiger charge is -2.36. The van der Waals surface area contributed by atoms with Gasteiger partial charge in [-0.15, -0.1) is 10.2 Å². The van der Waals surface area contributed by atoms with E-state index in [1.807, 2.05) is 67.8 Å². The maximum atomic E-state index is 14.1. The van der Waals surface area contributed by atoms with Crippen LogP contribution in [-0.2, 0) is 19.6 Å². The zero-order valence-electron chi connectivity index (χ0n) is 52.2. The topological polar surface area (TPSA) is 153 Å². The van der Waals surface area contributed by atoms with E-state index in [1.54, 1.807) is 7.11 Å². The van der Waals surface area contributed by atoms with Gasteiger partial charge in [0.25, 0.3) is 0 Å². The Morgan fingerprint density at radius 2 is 0.946 bits per heavy atom. The summed E-state index contributed by atoms with van der Waals surface area (Å²) in [5.74, 6) is 2.48. The van der Waals surface area contributed by atoms with Crippen molar-refractivity contribution in [3.63, 3.8) is 0 Å². The molecule has 0 radical (unpaired) electrons. The lowest BCUT2D eigenvalue weighted by molar-refractivity contribution is 0.199. The first kappa shape index (κ1) is 56.5. The smallest absolute Gasteiger partial charge is 0.233 e. The SMILES string of the molecule is COc1cc2ccc(-c3nc(C)ccc3-c3cnn(CC45CCC(CC4c4ccnc6cc(-c7nc(C)ccc7-c7cnn(CC89CCC(CC8c8ccnc%10cc(-c%11nc(C)ccc%11-c%11cnn(C[C@H]%12C[C@@H](F)[C@@H](F)C%12)c%11)ccc8%10)C9)c7)ccc46)C5)c3)cc2nn1. The van der Waals surface area contributed by atoms with Crippen LogP contribution in [0.3, 0.4) is 0 Å². The van der Waals surface area contributed by atoms with E-state index in [0.29, 0.717) is 36.1 Å². The van der Waals surface area contributed by atoms with Crippen LogP contribution in [0.5, 0.6) is 5.88 Å². The van der Waals surface area contributed by atoms with E-state index in [2.05, 4.69) is 141 Å². The van der Waals surface area contributed by atoms with Crippen molar-refractivity contribution in [2.45, 2.75) is 129 Å². The Bertz CT molecular complexity index is 4870. The van der Waals surface area contributed by atoms with E-state index in [1.165, 1.54) is 47.6 Å². The number of halogens is 2. The molecule has 5 aliphatic carbocycles. The lowest BCUT2D eigenvalue weighted by atomic mass is 9.71. The summed E-state index contributed by atoms with van der Waals surface area (Å²) in [6.07, 6.45) is 23.5. The highest BCUT2D eigenvalue weighted by Gasteiger charge is 2.54. The minimum atomic E-state index is -1.39. The quantitative estimate of drug-likeness (QED) is 0.0964. The molecule has 5 aliphatic rings. The van der Waals surface area contributed by atoms with Crippen LogP contribution in [0.2, 0.25) is 0 Å². The second kappa shape index (κ2) is 22.2. The van der Waals surface area contributed by atoms with Gasteiger partial charge in [0.1, 0.15) is 12.3 Å². The number of alkyl halides is 2. The predicted octanol–water partition coefficient (Wildman–Crippen LogP) is 16.5. The fourth-order valence-corrected chi connectivity index (χ4v) is 17.6. The van der Waals surface area contributed by atoms with E-state index < -0.39 is 12.3 Å². The van der Waals surface area contributed by atoms with Gasteiger partial charge < -0.3 is 4.74 Å². The molecule has 4 bridgehead atoms. The first-order chi connectivity index (χ1) is 44.9. The molecule has 0 amide bonds. The Labute approximate surface area is 532 Å². The molecule has 6 unspecified atom stereocenters. The molecule has 5 fully saturated rings. The zero-order valence-corrected chi connectivity index (χ0v) is 52.2. The maximum Gasteiger partial charge on any atom is 0.233 e. The monoisotopic (exact) mass is 1220 g/mol. The van der Waals surface area contributed by atoms with E-state index in [4.69, 9.17) is 39.9 Å². The number of hydrogen-bond acceptors (Lipinski definition) is 11. The molecule has 0 aliphatic heterocycles. The fourth-order valence-electron chi connectivity index (χ4n) is 17.6. The molecule has 16 heteroatoms. The van der Waals surface area contributed by atoms with Gasteiger partial charge in [0.05, 0.1) is 59.3 Å². The Hall–Kier alpha value is -9.44. The minimum absolute atomic E-state index is 0.0467. The van der Waals surface area contributed by atoms with Crippen molar-refractivity contribution in [3.05, 3.63) is 187 Å². The Balaban J connectivity index is 0.622. The average Bonchev–Trinajstić information content (AvgIpc) is 1.56. The predicted molar refractivity (Wildman–Crippen MR) is 354 cm³/mol. The summed E-state index contributed by atoms with van der Waals surface area (Å²) in [5.41, 5.74) is 20.1. The van der Waals surface area contributed by atoms with Gasteiger partial charge >= 0.3 is 0 Å².